The molecule has 1 unspecified atom stereocenters. The first-order valence-corrected chi connectivity index (χ1v) is 9.44. The summed E-state index contributed by atoms with van der Waals surface area (Å²) in [6.45, 7) is 1.98. The highest BCUT2D eigenvalue weighted by Crippen LogP contribution is 2.38. The minimum atomic E-state index is -1.11. The number of pyridine rings is 1. The van der Waals surface area contributed by atoms with Gasteiger partial charge in [0, 0.05) is 17.3 Å². The maximum Gasteiger partial charge on any atom is 0.335 e. The zero-order chi connectivity index (χ0) is 20.7. The number of benzene rings is 1. The van der Waals surface area contributed by atoms with E-state index in [0.29, 0.717) is 12.0 Å². The number of hydrogen-bond donors (Lipinski definition) is 1. The number of rotatable bonds is 5. The summed E-state index contributed by atoms with van der Waals surface area (Å²) >= 11 is 6.43. The van der Waals surface area contributed by atoms with E-state index in [1.54, 1.807) is 12.1 Å². The minimum Gasteiger partial charge on any atom is -0.478 e. The molecular weight excluding hydrogens is 400 g/mol. The van der Waals surface area contributed by atoms with Crippen molar-refractivity contribution in [3.8, 4) is 11.3 Å². The molecule has 0 saturated carbocycles. The minimum absolute atomic E-state index is 0.0264. The highest BCUT2D eigenvalue weighted by molar-refractivity contribution is 6.33. The standard InChI is InChI=1S/C21H16ClF2N3O2/c1-2-4-12-10-14(20(24)25-12)13-5-3-6-15(23)17(13)18-19(22)27-8-7-11(21(28)29)9-16(27)26-18/h3,5-10,12H,2,4H2,1H3,(H,28,29). The highest BCUT2D eigenvalue weighted by Gasteiger charge is 2.27. The summed E-state index contributed by atoms with van der Waals surface area (Å²) in [5.74, 6) is -2.38. The van der Waals surface area contributed by atoms with Gasteiger partial charge in [-0.15, -0.1) is 0 Å². The smallest absolute Gasteiger partial charge is 0.335 e. The zero-order valence-electron chi connectivity index (χ0n) is 15.4. The lowest BCUT2D eigenvalue weighted by Crippen LogP contribution is -1.98. The molecule has 3 aromatic rings. The molecule has 0 spiro atoms. The van der Waals surface area contributed by atoms with E-state index in [4.69, 9.17) is 11.6 Å². The lowest BCUT2D eigenvalue weighted by Gasteiger charge is -2.09. The van der Waals surface area contributed by atoms with Crippen LogP contribution >= 0.6 is 11.6 Å². The van der Waals surface area contributed by atoms with Crippen LogP contribution in [0.4, 0.5) is 8.78 Å². The van der Waals surface area contributed by atoms with Crippen molar-refractivity contribution >= 4 is 34.8 Å². The Labute approximate surface area is 170 Å². The summed E-state index contributed by atoms with van der Waals surface area (Å²) in [6, 6.07) is 6.75. The van der Waals surface area contributed by atoms with Gasteiger partial charge in [0.2, 0.25) is 5.97 Å². The average Bonchev–Trinajstić information content (AvgIpc) is 3.21. The van der Waals surface area contributed by atoms with Crippen molar-refractivity contribution in [2.24, 2.45) is 4.99 Å². The zero-order valence-corrected chi connectivity index (χ0v) is 16.1. The second-order valence-electron chi connectivity index (χ2n) is 6.72. The molecule has 8 heteroatoms. The van der Waals surface area contributed by atoms with Crippen molar-refractivity contribution in [2.45, 2.75) is 25.8 Å². The fourth-order valence-electron chi connectivity index (χ4n) is 3.45. The molecular formula is C21H16ClF2N3O2. The number of carbonyl (C=O) groups is 1. The Morgan fingerprint density at radius 3 is 2.83 bits per heavy atom. The SMILES string of the molecule is CCCC1C=C(c2cccc(F)c2-c2nc3cc(C(=O)O)ccn3c2Cl)C(F)=N1. The molecule has 0 bridgehead atoms. The molecule has 4 rings (SSSR count). The maximum absolute atomic E-state index is 14.9. The lowest BCUT2D eigenvalue weighted by atomic mass is 9.96. The van der Waals surface area contributed by atoms with Gasteiger partial charge in [0.05, 0.1) is 11.6 Å². The third-order valence-corrected chi connectivity index (χ3v) is 5.16. The molecule has 1 aliphatic rings. The Morgan fingerprint density at radius 1 is 1.31 bits per heavy atom. The molecule has 148 valence electrons. The fourth-order valence-corrected chi connectivity index (χ4v) is 3.73. The average molecular weight is 416 g/mol. The molecule has 0 aliphatic carbocycles. The Balaban J connectivity index is 1.91. The topological polar surface area (TPSA) is 67.0 Å². The molecule has 1 aliphatic heterocycles. The quantitative estimate of drug-likeness (QED) is 0.604. The van der Waals surface area contributed by atoms with E-state index in [-0.39, 0.29) is 39.2 Å². The number of aromatic carboxylic acids is 1. The van der Waals surface area contributed by atoms with Gasteiger partial charge in [-0.25, -0.2) is 19.2 Å². The lowest BCUT2D eigenvalue weighted by molar-refractivity contribution is 0.0697. The number of aliphatic imine (C=N–C) groups is 1. The predicted octanol–water partition coefficient (Wildman–Crippen LogP) is 5.43. The maximum atomic E-state index is 14.9. The monoisotopic (exact) mass is 415 g/mol. The molecule has 0 fully saturated rings. The molecule has 1 aromatic carbocycles. The summed E-state index contributed by atoms with van der Waals surface area (Å²) in [4.78, 5) is 19.6. The van der Waals surface area contributed by atoms with Crippen LogP contribution in [-0.4, -0.2) is 32.5 Å². The van der Waals surface area contributed by atoms with Crippen LogP contribution in [0.5, 0.6) is 0 Å². The molecule has 5 nitrogen and oxygen atoms in total. The number of nitrogens with zero attached hydrogens (tertiary/aromatic N) is 3. The van der Waals surface area contributed by atoms with Crippen LogP contribution in [0.25, 0.3) is 22.5 Å². The van der Waals surface area contributed by atoms with Crippen LogP contribution in [0, 0.1) is 5.82 Å². The van der Waals surface area contributed by atoms with E-state index in [9.17, 15) is 18.7 Å². The van der Waals surface area contributed by atoms with Crippen molar-refractivity contribution in [1.82, 2.24) is 9.38 Å². The van der Waals surface area contributed by atoms with Crippen LogP contribution in [0.3, 0.4) is 0 Å². The summed E-state index contributed by atoms with van der Waals surface area (Å²) in [5.41, 5.74) is 0.934. The van der Waals surface area contributed by atoms with Crippen molar-refractivity contribution in [1.29, 1.82) is 0 Å². The number of imidazole rings is 1. The van der Waals surface area contributed by atoms with Crippen molar-refractivity contribution in [3.05, 3.63) is 64.7 Å². The molecule has 0 saturated heterocycles. The second kappa shape index (κ2) is 7.40. The Morgan fingerprint density at radius 2 is 2.10 bits per heavy atom. The van der Waals surface area contributed by atoms with E-state index >= 15 is 0 Å². The van der Waals surface area contributed by atoms with E-state index in [1.807, 2.05) is 6.92 Å². The third-order valence-electron chi connectivity index (χ3n) is 4.80. The van der Waals surface area contributed by atoms with E-state index in [0.717, 1.165) is 6.42 Å². The summed E-state index contributed by atoms with van der Waals surface area (Å²) < 4.78 is 30.9. The first kappa shape index (κ1) is 19.3. The van der Waals surface area contributed by atoms with Crippen molar-refractivity contribution < 1.29 is 18.7 Å². The van der Waals surface area contributed by atoms with Gasteiger partial charge in [-0.2, -0.15) is 4.39 Å². The highest BCUT2D eigenvalue weighted by atomic mass is 35.5. The fraction of sp³-hybridized carbons (Fsp3) is 0.190. The number of hydrogen-bond acceptors (Lipinski definition) is 3. The van der Waals surface area contributed by atoms with Gasteiger partial charge >= 0.3 is 5.97 Å². The van der Waals surface area contributed by atoms with Gasteiger partial charge in [-0.05, 0) is 36.3 Å². The number of halogens is 3. The molecule has 0 radical (unpaired) electrons. The summed E-state index contributed by atoms with van der Waals surface area (Å²) in [6.07, 6.45) is 4.66. The predicted molar refractivity (Wildman–Crippen MR) is 108 cm³/mol. The van der Waals surface area contributed by atoms with E-state index in [1.165, 1.54) is 34.9 Å². The van der Waals surface area contributed by atoms with E-state index in [2.05, 4.69) is 9.98 Å². The first-order valence-electron chi connectivity index (χ1n) is 9.06. The second-order valence-corrected chi connectivity index (χ2v) is 7.08. The van der Waals surface area contributed by atoms with Gasteiger partial charge in [-0.1, -0.05) is 37.1 Å². The Bertz CT molecular complexity index is 1200. The van der Waals surface area contributed by atoms with Crippen LogP contribution in [0.2, 0.25) is 5.15 Å². The van der Waals surface area contributed by atoms with Gasteiger partial charge in [0.15, 0.2) is 0 Å². The largest absolute Gasteiger partial charge is 0.478 e. The van der Waals surface area contributed by atoms with Gasteiger partial charge < -0.3 is 5.11 Å². The summed E-state index contributed by atoms with van der Waals surface area (Å²) in [7, 11) is 0. The normalized spacial score (nSPS) is 16.2. The molecule has 3 heterocycles. The van der Waals surface area contributed by atoms with E-state index < -0.39 is 17.8 Å². The number of fused-ring (bicyclic) bond motifs is 1. The van der Waals surface area contributed by atoms with Crippen LogP contribution in [-0.2, 0) is 0 Å². The molecule has 0 amide bonds. The molecule has 1 atom stereocenters. The number of carboxylic acids is 1. The number of carboxylic acid groups (broad SMARTS) is 1. The molecule has 29 heavy (non-hydrogen) atoms. The van der Waals surface area contributed by atoms with Gasteiger partial charge in [-0.3, -0.25) is 4.40 Å². The molecule has 1 N–H and O–H groups in total. The third kappa shape index (κ3) is 3.31. The first-order chi connectivity index (χ1) is 13.9. The van der Waals surface area contributed by atoms with Gasteiger partial charge in [0.1, 0.15) is 22.3 Å². The molecule has 2 aromatic heterocycles. The van der Waals surface area contributed by atoms with Crippen LogP contribution < -0.4 is 0 Å². The number of allylic oxidation sites excluding steroid dienone is 1. The van der Waals surface area contributed by atoms with Crippen molar-refractivity contribution in [3.63, 3.8) is 0 Å². The van der Waals surface area contributed by atoms with Crippen LogP contribution in [0.1, 0.15) is 35.7 Å². The number of aromatic nitrogens is 2. The Hall–Kier alpha value is -3.06. The van der Waals surface area contributed by atoms with Crippen LogP contribution in [0.15, 0.2) is 47.6 Å². The van der Waals surface area contributed by atoms with Crippen molar-refractivity contribution in [2.75, 3.05) is 0 Å². The Kier molecular flexibility index (Phi) is 4.92. The van der Waals surface area contributed by atoms with Gasteiger partial charge in [0.25, 0.3) is 0 Å². The summed E-state index contributed by atoms with van der Waals surface area (Å²) in [5, 5.41) is 9.28.